The summed E-state index contributed by atoms with van der Waals surface area (Å²) in [6.07, 6.45) is 2.40. The molecule has 0 amide bonds. The van der Waals surface area contributed by atoms with Crippen molar-refractivity contribution in [1.82, 2.24) is 5.32 Å². The molecule has 2 N–H and O–H groups in total. The second-order valence-corrected chi connectivity index (χ2v) is 5.92. The predicted molar refractivity (Wildman–Crippen MR) is 75.8 cm³/mol. The van der Waals surface area contributed by atoms with E-state index >= 15 is 0 Å². The summed E-state index contributed by atoms with van der Waals surface area (Å²) >= 11 is 0. The van der Waals surface area contributed by atoms with Crippen LogP contribution in [0.5, 0.6) is 0 Å². The van der Waals surface area contributed by atoms with Gasteiger partial charge in [-0.1, -0.05) is 38.1 Å². The molecule has 1 fully saturated rings. The standard InChI is InChI=1S/C16H25NO/c1-11(2)16(10-18)17-14-8-13(9-14)15-7-5-4-6-12(15)3/h4-7,11,13-14,16-18H,8-10H2,1-3H3/t13?,14?,16-/m1/s1. The quantitative estimate of drug-likeness (QED) is 0.838. The number of benzene rings is 1. The van der Waals surface area contributed by atoms with E-state index in [0.717, 1.165) is 0 Å². The van der Waals surface area contributed by atoms with Gasteiger partial charge in [0.2, 0.25) is 0 Å². The molecule has 1 atom stereocenters. The van der Waals surface area contributed by atoms with E-state index in [1.54, 1.807) is 0 Å². The maximum absolute atomic E-state index is 9.33. The highest BCUT2D eigenvalue weighted by atomic mass is 16.3. The minimum absolute atomic E-state index is 0.239. The zero-order valence-electron chi connectivity index (χ0n) is 11.7. The molecule has 100 valence electrons. The lowest BCUT2D eigenvalue weighted by Gasteiger charge is -2.40. The minimum Gasteiger partial charge on any atom is -0.395 e. The van der Waals surface area contributed by atoms with Crippen molar-refractivity contribution in [3.05, 3.63) is 35.4 Å². The van der Waals surface area contributed by atoms with Crippen LogP contribution in [0, 0.1) is 12.8 Å². The molecule has 0 unspecified atom stereocenters. The van der Waals surface area contributed by atoms with Crippen molar-refractivity contribution < 1.29 is 5.11 Å². The third kappa shape index (κ3) is 2.93. The Hall–Kier alpha value is -0.860. The lowest BCUT2D eigenvalue weighted by atomic mass is 9.74. The molecular weight excluding hydrogens is 222 g/mol. The highest BCUT2D eigenvalue weighted by molar-refractivity contribution is 5.31. The molecular formula is C16H25NO. The summed E-state index contributed by atoms with van der Waals surface area (Å²) in [5.41, 5.74) is 2.91. The molecule has 0 saturated heterocycles. The summed E-state index contributed by atoms with van der Waals surface area (Å²) in [6, 6.07) is 9.51. The fourth-order valence-corrected chi connectivity index (χ4v) is 2.81. The van der Waals surface area contributed by atoms with E-state index in [4.69, 9.17) is 0 Å². The molecule has 0 spiro atoms. The van der Waals surface area contributed by atoms with Crippen molar-refractivity contribution in [1.29, 1.82) is 0 Å². The fourth-order valence-electron chi connectivity index (χ4n) is 2.81. The van der Waals surface area contributed by atoms with Crippen LogP contribution in [0.3, 0.4) is 0 Å². The van der Waals surface area contributed by atoms with Gasteiger partial charge < -0.3 is 10.4 Å². The predicted octanol–water partition coefficient (Wildman–Crippen LogP) is 2.85. The number of rotatable bonds is 5. The smallest absolute Gasteiger partial charge is 0.0587 e. The normalized spacial score (nSPS) is 24.9. The van der Waals surface area contributed by atoms with E-state index in [1.807, 2.05) is 0 Å². The van der Waals surface area contributed by atoms with E-state index in [2.05, 4.69) is 50.4 Å². The summed E-state index contributed by atoms with van der Waals surface area (Å²) < 4.78 is 0. The first-order valence-electron chi connectivity index (χ1n) is 7.04. The first-order chi connectivity index (χ1) is 8.61. The highest BCUT2D eigenvalue weighted by Gasteiger charge is 2.32. The first kappa shape index (κ1) is 13.6. The van der Waals surface area contributed by atoms with Crippen molar-refractivity contribution in [2.45, 2.75) is 51.6 Å². The molecule has 1 aromatic carbocycles. The van der Waals surface area contributed by atoms with E-state index in [0.29, 0.717) is 17.9 Å². The van der Waals surface area contributed by atoms with Gasteiger partial charge in [0.15, 0.2) is 0 Å². The summed E-state index contributed by atoms with van der Waals surface area (Å²) in [4.78, 5) is 0. The second kappa shape index (κ2) is 5.85. The maximum atomic E-state index is 9.33. The Morgan fingerprint density at radius 1 is 1.28 bits per heavy atom. The third-order valence-corrected chi connectivity index (χ3v) is 4.22. The van der Waals surface area contributed by atoms with E-state index in [9.17, 15) is 5.11 Å². The van der Waals surface area contributed by atoms with Crippen molar-refractivity contribution in [3.8, 4) is 0 Å². The monoisotopic (exact) mass is 247 g/mol. The molecule has 1 aliphatic rings. The first-order valence-corrected chi connectivity index (χ1v) is 7.04. The highest BCUT2D eigenvalue weighted by Crippen LogP contribution is 2.38. The number of nitrogens with one attached hydrogen (secondary N) is 1. The molecule has 18 heavy (non-hydrogen) atoms. The Morgan fingerprint density at radius 2 is 1.94 bits per heavy atom. The van der Waals surface area contributed by atoms with Gasteiger partial charge in [-0.25, -0.2) is 0 Å². The number of hydrogen-bond acceptors (Lipinski definition) is 2. The minimum atomic E-state index is 0.239. The molecule has 1 saturated carbocycles. The van der Waals surface area contributed by atoms with Gasteiger partial charge >= 0.3 is 0 Å². The zero-order chi connectivity index (χ0) is 13.1. The van der Waals surface area contributed by atoms with Gasteiger partial charge in [-0.05, 0) is 42.7 Å². The second-order valence-electron chi connectivity index (χ2n) is 5.92. The summed E-state index contributed by atoms with van der Waals surface area (Å²) in [5.74, 6) is 1.20. The van der Waals surface area contributed by atoms with Crippen LogP contribution in [-0.4, -0.2) is 23.8 Å². The molecule has 2 heteroatoms. The van der Waals surface area contributed by atoms with Gasteiger partial charge in [0.05, 0.1) is 6.61 Å². The maximum Gasteiger partial charge on any atom is 0.0587 e. The van der Waals surface area contributed by atoms with Gasteiger partial charge in [-0.2, -0.15) is 0 Å². The zero-order valence-corrected chi connectivity index (χ0v) is 11.7. The Morgan fingerprint density at radius 3 is 2.50 bits per heavy atom. The number of hydrogen-bond donors (Lipinski definition) is 2. The number of aryl methyl sites for hydroxylation is 1. The Kier molecular flexibility index (Phi) is 4.41. The summed E-state index contributed by atoms with van der Waals surface area (Å²) in [6.45, 7) is 6.75. The van der Waals surface area contributed by atoms with Crippen LogP contribution in [-0.2, 0) is 0 Å². The molecule has 0 aromatic heterocycles. The third-order valence-electron chi connectivity index (χ3n) is 4.22. The topological polar surface area (TPSA) is 32.3 Å². The van der Waals surface area contributed by atoms with Gasteiger partial charge in [0.25, 0.3) is 0 Å². The van der Waals surface area contributed by atoms with E-state index in [-0.39, 0.29) is 12.6 Å². The Balaban J connectivity index is 1.86. The van der Waals surface area contributed by atoms with Crippen LogP contribution in [0.1, 0.15) is 43.7 Å². The van der Waals surface area contributed by atoms with Crippen molar-refractivity contribution in [2.24, 2.45) is 5.92 Å². The largest absolute Gasteiger partial charge is 0.395 e. The van der Waals surface area contributed by atoms with Crippen LogP contribution < -0.4 is 5.32 Å². The number of aliphatic hydroxyl groups is 1. The van der Waals surface area contributed by atoms with Gasteiger partial charge in [-0.3, -0.25) is 0 Å². The molecule has 2 rings (SSSR count). The fraction of sp³-hybridized carbons (Fsp3) is 0.625. The molecule has 1 aromatic rings. The molecule has 1 aliphatic carbocycles. The lowest BCUT2D eigenvalue weighted by Crippen LogP contribution is -2.49. The van der Waals surface area contributed by atoms with Crippen LogP contribution >= 0.6 is 0 Å². The van der Waals surface area contributed by atoms with Crippen molar-refractivity contribution in [3.63, 3.8) is 0 Å². The van der Waals surface area contributed by atoms with Gasteiger partial charge in [-0.15, -0.1) is 0 Å². The van der Waals surface area contributed by atoms with E-state index < -0.39 is 0 Å². The summed E-state index contributed by atoms with van der Waals surface area (Å²) in [7, 11) is 0. The molecule has 0 aliphatic heterocycles. The molecule has 0 bridgehead atoms. The molecule has 0 radical (unpaired) electrons. The van der Waals surface area contributed by atoms with Gasteiger partial charge in [0, 0.05) is 12.1 Å². The Bertz CT molecular complexity index is 382. The van der Waals surface area contributed by atoms with Crippen LogP contribution in [0.2, 0.25) is 0 Å². The van der Waals surface area contributed by atoms with Crippen LogP contribution in [0.25, 0.3) is 0 Å². The Labute approximate surface area is 110 Å². The summed E-state index contributed by atoms with van der Waals surface area (Å²) in [5, 5.41) is 12.9. The van der Waals surface area contributed by atoms with Crippen molar-refractivity contribution >= 4 is 0 Å². The van der Waals surface area contributed by atoms with Crippen LogP contribution in [0.4, 0.5) is 0 Å². The average Bonchev–Trinajstić information content (AvgIpc) is 2.29. The van der Waals surface area contributed by atoms with Crippen molar-refractivity contribution in [2.75, 3.05) is 6.61 Å². The van der Waals surface area contributed by atoms with E-state index in [1.165, 1.54) is 24.0 Å². The lowest BCUT2D eigenvalue weighted by molar-refractivity contribution is 0.169. The molecule has 0 heterocycles. The number of aliphatic hydroxyl groups excluding tert-OH is 1. The SMILES string of the molecule is Cc1ccccc1C1CC(N[C@H](CO)C(C)C)C1. The van der Waals surface area contributed by atoms with Crippen LogP contribution in [0.15, 0.2) is 24.3 Å². The average molecular weight is 247 g/mol. The molecule has 2 nitrogen and oxygen atoms in total. The van der Waals surface area contributed by atoms with Gasteiger partial charge in [0.1, 0.15) is 0 Å².